The van der Waals surface area contributed by atoms with E-state index in [0.717, 1.165) is 23.2 Å². The molecule has 6 nitrogen and oxygen atoms in total. The van der Waals surface area contributed by atoms with Crippen LogP contribution in [-0.4, -0.2) is 33.5 Å². The number of aryl methyl sites for hydroxylation is 1. The van der Waals surface area contributed by atoms with Crippen LogP contribution in [0.25, 0.3) is 11.3 Å². The van der Waals surface area contributed by atoms with E-state index in [9.17, 15) is 14.7 Å². The summed E-state index contributed by atoms with van der Waals surface area (Å²) in [7, 11) is 0. The Hall–Kier alpha value is -2.73. The van der Waals surface area contributed by atoms with Crippen LogP contribution in [-0.2, 0) is 9.59 Å². The molecule has 5 rings (SSSR count). The highest BCUT2D eigenvalue weighted by Crippen LogP contribution is 2.43. The highest BCUT2D eigenvalue weighted by molar-refractivity contribution is 6.02. The number of rotatable bonds is 4. The minimum Gasteiger partial charge on any atom is -0.481 e. The first kappa shape index (κ1) is 16.7. The van der Waals surface area contributed by atoms with Gasteiger partial charge in [0.15, 0.2) is 0 Å². The number of carboxylic acid groups (broad SMARTS) is 1. The zero-order valence-electron chi connectivity index (χ0n) is 14.5. The summed E-state index contributed by atoms with van der Waals surface area (Å²) in [5, 5.41) is 15.6. The summed E-state index contributed by atoms with van der Waals surface area (Å²) in [5.74, 6) is -1.87. The molecule has 2 aliphatic heterocycles. The van der Waals surface area contributed by atoms with Crippen LogP contribution in [0.1, 0.15) is 24.8 Å². The molecule has 1 amide bonds. The third-order valence-corrected chi connectivity index (χ3v) is 5.57. The Morgan fingerprint density at radius 1 is 1.27 bits per heavy atom. The lowest BCUT2D eigenvalue weighted by Gasteiger charge is -2.55. The van der Waals surface area contributed by atoms with Crippen LogP contribution in [0.5, 0.6) is 0 Å². The maximum Gasteiger partial charge on any atom is 0.308 e. The molecule has 3 aliphatic rings. The van der Waals surface area contributed by atoms with Gasteiger partial charge >= 0.3 is 5.97 Å². The number of nitrogens with one attached hydrogen (secondary N) is 2. The number of piperidine rings is 1. The molecule has 1 aromatic carbocycles. The average molecular weight is 351 g/mol. The zero-order chi connectivity index (χ0) is 18.3. The van der Waals surface area contributed by atoms with Crippen molar-refractivity contribution in [3.05, 3.63) is 48.2 Å². The Balaban J connectivity index is 1.60. The Labute approximate surface area is 151 Å². The molecule has 1 saturated carbocycles. The molecular weight excluding hydrogens is 330 g/mol. The summed E-state index contributed by atoms with van der Waals surface area (Å²) in [5.41, 5.74) is 2.49. The number of hydrogen-bond acceptors (Lipinski definition) is 4. The monoisotopic (exact) mass is 351 g/mol. The maximum atomic E-state index is 12.9. The SMILES string of the molecule is Cc1ccc(NC(=O)C23CC(CCC2C(=O)O)N3)cc1-c1ccccn1. The van der Waals surface area contributed by atoms with E-state index in [-0.39, 0.29) is 11.9 Å². The molecule has 0 spiro atoms. The average Bonchev–Trinajstić information content (AvgIpc) is 2.63. The Morgan fingerprint density at radius 3 is 2.77 bits per heavy atom. The number of benzene rings is 1. The van der Waals surface area contributed by atoms with Gasteiger partial charge in [0.1, 0.15) is 5.54 Å². The highest BCUT2D eigenvalue weighted by atomic mass is 16.4. The Kier molecular flexibility index (Phi) is 4.00. The molecule has 3 heterocycles. The third-order valence-electron chi connectivity index (χ3n) is 5.57. The van der Waals surface area contributed by atoms with Gasteiger partial charge in [0.2, 0.25) is 5.91 Å². The van der Waals surface area contributed by atoms with Crippen molar-refractivity contribution in [2.75, 3.05) is 5.32 Å². The van der Waals surface area contributed by atoms with E-state index in [1.54, 1.807) is 6.20 Å². The smallest absolute Gasteiger partial charge is 0.308 e. The molecule has 2 bridgehead atoms. The van der Waals surface area contributed by atoms with Crippen LogP contribution >= 0.6 is 0 Å². The van der Waals surface area contributed by atoms with E-state index >= 15 is 0 Å². The number of aliphatic carboxylic acids is 1. The van der Waals surface area contributed by atoms with E-state index in [2.05, 4.69) is 15.6 Å². The largest absolute Gasteiger partial charge is 0.481 e. The van der Waals surface area contributed by atoms with E-state index in [0.29, 0.717) is 18.5 Å². The van der Waals surface area contributed by atoms with Crippen molar-refractivity contribution >= 4 is 17.6 Å². The number of pyridine rings is 1. The normalized spacial score (nSPS) is 26.7. The second-order valence-corrected chi connectivity index (χ2v) is 7.18. The fourth-order valence-corrected chi connectivity index (χ4v) is 4.15. The van der Waals surface area contributed by atoms with E-state index in [1.165, 1.54) is 0 Å². The Morgan fingerprint density at radius 2 is 2.08 bits per heavy atom. The second-order valence-electron chi connectivity index (χ2n) is 7.18. The number of amides is 1. The van der Waals surface area contributed by atoms with Crippen LogP contribution in [0.4, 0.5) is 5.69 Å². The van der Waals surface area contributed by atoms with Crippen molar-refractivity contribution in [1.82, 2.24) is 10.3 Å². The topological polar surface area (TPSA) is 91.3 Å². The lowest BCUT2D eigenvalue weighted by molar-refractivity contribution is -0.157. The van der Waals surface area contributed by atoms with E-state index in [4.69, 9.17) is 0 Å². The molecule has 3 unspecified atom stereocenters. The molecule has 134 valence electrons. The summed E-state index contributed by atoms with van der Waals surface area (Å²) in [6, 6.07) is 11.6. The minimum atomic E-state index is -0.995. The lowest BCUT2D eigenvalue weighted by atomic mass is 9.63. The van der Waals surface area contributed by atoms with Gasteiger partial charge in [-0.15, -0.1) is 0 Å². The summed E-state index contributed by atoms with van der Waals surface area (Å²) >= 11 is 0. The molecule has 3 atom stereocenters. The van der Waals surface area contributed by atoms with Crippen molar-refractivity contribution in [3.63, 3.8) is 0 Å². The second kappa shape index (κ2) is 6.21. The van der Waals surface area contributed by atoms with Crippen LogP contribution in [0.2, 0.25) is 0 Å². The predicted octanol–water partition coefficient (Wildman–Crippen LogP) is 2.59. The number of aromatic nitrogens is 1. The molecule has 26 heavy (non-hydrogen) atoms. The standard InChI is InChI=1S/C20H21N3O3/c1-12-5-6-13(10-15(12)17-4-2-3-9-21-17)22-19(26)20-11-14(23-20)7-8-16(20)18(24)25/h2-6,9-10,14,16,23H,7-8,11H2,1H3,(H,22,26)(H,24,25). The van der Waals surface area contributed by atoms with Gasteiger partial charge in [0, 0.05) is 23.5 Å². The van der Waals surface area contributed by atoms with Gasteiger partial charge in [-0.3, -0.25) is 19.9 Å². The fraction of sp³-hybridized carbons (Fsp3) is 0.350. The molecule has 6 heteroatoms. The fourth-order valence-electron chi connectivity index (χ4n) is 4.15. The number of fused-ring (bicyclic) bond motifs is 2. The molecule has 1 aromatic heterocycles. The van der Waals surface area contributed by atoms with Crippen LogP contribution in [0.3, 0.4) is 0 Å². The van der Waals surface area contributed by atoms with Crippen molar-refractivity contribution in [3.8, 4) is 11.3 Å². The quantitative estimate of drug-likeness (QED) is 0.787. The predicted molar refractivity (Wildman–Crippen MR) is 97.7 cm³/mol. The van der Waals surface area contributed by atoms with Gasteiger partial charge < -0.3 is 10.4 Å². The van der Waals surface area contributed by atoms with Crippen LogP contribution in [0, 0.1) is 12.8 Å². The van der Waals surface area contributed by atoms with Crippen LogP contribution in [0.15, 0.2) is 42.6 Å². The van der Waals surface area contributed by atoms with E-state index < -0.39 is 17.4 Å². The van der Waals surface area contributed by atoms with Crippen LogP contribution < -0.4 is 10.6 Å². The Bertz CT molecular complexity index is 860. The summed E-state index contributed by atoms with van der Waals surface area (Å²) in [6.07, 6.45) is 3.65. The zero-order valence-corrected chi connectivity index (χ0v) is 14.5. The number of carbonyl (C=O) groups is 2. The molecule has 0 radical (unpaired) electrons. The number of anilines is 1. The molecule has 1 aliphatic carbocycles. The minimum absolute atomic E-state index is 0.249. The lowest BCUT2D eigenvalue weighted by Crippen LogP contribution is -2.76. The number of nitrogens with zero attached hydrogens (tertiary/aromatic N) is 1. The van der Waals surface area contributed by atoms with E-state index in [1.807, 2.05) is 43.3 Å². The summed E-state index contributed by atoms with van der Waals surface area (Å²) < 4.78 is 0. The van der Waals surface area contributed by atoms with Gasteiger partial charge in [-0.2, -0.15) is 0 Å². The summed E-state index contributed by atoms with van der Waals surface area (Å²) in [4.78, 5) is 28.9. The van der Waals surface area contributed by atoms with Crippen molar-refractivity contribution in [2.45, 2.75) is 37.8 Å². The van der Waals surface area contributed by atoms with Gasteiger partial charge in [-0.05, 0) is 56.0 Å². The summed E-state index contributed by atoms with van der Waals surface area (Å²) in [6.45, 7) is 1.99. The number of hydrogen-bond donors (Lipinski definition) is 3. The molecule has 2 saturated heterocycles. The first-order chi connectivity index (χ1) is 12.5. The van der Waals surface area contributed by atoms with Gasteiger partial charge in [0.25, 0.3) is 0 Å². The van der Waals surface area contributed by atoms with Crippen molar-refractivity contribution < 1.29 is 14.7 Å². The first-order valence-corrected chi connectivity index (χ1v) is 8.83. The van der Waals surface area contributed by atoms with Gasteiger partial charge in [-0.1, -0.05) is 12.1 Å². The first-order valence-electron chi connectivity index (χ1n) is 8.83. The van der Waals surface area contributed by atoms with Crippen molar-refractivity contribution in [1.29, 1.82) is 0 Å². The molecule has 2 aromatic rings. The van der Waals surface area contributed by atoms with Crippen molar-refractivity contribution in [2.24, 2.45) is 5.92 Å². The molecular formula is C20H21N3O3. The van der Waals surface area contributed by atoms with Gasteiger partial charge in [-0.25, -0.2) is 0 Å². The maximum absolute atomic E-state index is 12.9. The molecule has 3 N–H and O–H groups in total. The number of carbonyl (C=O) groups excluding carboxylic acids is 1. The number of carboxylic acids is 1. The molecule has 3 fully saturated rings. The van der Waals surface area contributed by atoms with Gasteiger partial charge in [0.05, 0.1) is 11.6 Å². The third kappa shape index (κ3) is 2.66. The highest BCUT2D eigenvalue weighted by Gasteiger charge is 2.60.